The van der Waals surface area contributed by atoms with E-state index in [2.05, 4.69) is 9.62 Å². The SMILES string of the molecule is CN1CCOCC1(NS(C)(=O)=O)OCCN1CCCC1. The number of nitrogens with zero attached hydrogens (tertiary/aromatic N) is 2. The number of likely N-dealkylation sites (tertiary alicyclic amines) is 1. The monoisotopic (exact) mass is 307 g/mol. The van der Waals surface area contributed by atoms with Crippen molar-refractivity contribution in [1.82, 2.24) is 14.5 Å². The molecule has 0 aromatic heterocycles. The van der Waals surface area contributed by atoms with Crippen LogP contribution in [0.1, 0.15) is 12.8 Å². The highest BCUT2D eigenvalue weighted by atomic mass is 32.2. The molecule has 7 nitrogen and oxygen atoms in total. The molecule has 20 heavy (non-hydrogen) atoms. The highest BCUT2D eigenvalue weighted by molar-refractivity contribution is 7.88. The lowest BCUT2D eigenvalue weighted by Crippen LogP contribution is -2.66. The zero-order valence-corrected chi connectivity index (χ0v) is 13.1. The Hall–Kier alpha value is -0.250. The fourth-order valence-corrected chi connectivity index (χ4v) is 3.48. The van der Waals surface area contributed by atoms with Crippen LogP contribution >= 0.6 is 0 Å². The lowest BCUT2D eigenvalue weighted by Gasteiger charge is -2.44. The van der Waals surface area contributed by atoms with Crippen LogP contribution in [0, 0.1) is 0 Å². The topological polar surface area (TPSA) is 71.1 Å². The molecule has 1 N–H and O–H groups in total. The molecule has 0 spiro atoms. The first-order chi connectivity index (χ1) is 9.41. The van der Waals surface area contributed by atoms with Crippen molar-refractivity contribution in [3.05, 3.63) is 0 Å². The molecule has 8 heteroatoms. The van der Waals surface area contributed by atoms with E-state index in [4.69, 9.17) is 9.47 Å². The second kappa shape index (κ2) is 6.67. The average molecular weight is 307 g/mol. The number of hydrogen-bond acceptors (Lipinski definition) is 6. The van der Waals surface area contributed by atoms with Gasteiger partial charge in [-0.2, -0.15) is 4.72 Å². The maximum Gasteiger partial charge on any atom is 0.214 e. The van der Waals surface area contributed by atoms with Crippen molar-refractivity contribution >= 4 is 10.0 Å². The third kappa shape index (κ3) is 4.37. The van der Waals surface area contributed by atoms with Crippen LogP contribution in [-0.2, 0) is 19.5 Å². The van der Waals surface area contributed by atoms with Gasteiger partial charge in [-0.1, -0.05) is 0 Å². The normalized spacial score (nSPS) is 29.9. The van der Waals surface area contributed by atoms with Crippen molar-refractivity contribution in [2.24, 2.45) is 0 Å². The highest BCUT2D eigenvalue weighted by Crippen LogP contribution is 2.18. The van der Waals surface area contributed by atoms with Crippen molar-refractivity contribution in [2.75, 3.05) is 59.3 Å². The van der Waals surface area contributed by atoms with E-state index in [9.17, 15) is 8.42 Å². The lowest BCUT2D eigenvalue weighted by atomic mass is 10.3. The molecule has 0 aromatic carbocycles. The van der Waals surface area contributed by atoms with E-state index in [1.54, 1.807) is 0 Å². The maximum absolute atomic E-state index is 11.6. The van der Waals surface area contributed by atoms with Gasteiger partial charge in [-0.05, 0) is 33.0 Å². The number of morpholine rings is 1. The predicted octanol–water partition coefficient (Wildman–Crippen LogP) is -0.736. The molecular weight excluding hydrogens is 282 g/mol. The third-order valence-electron chi connectivity index (χ3n) is 3.78. The number of nitrogens with one attached hydrogen (secondary N) is 1. The second-order valence-electron chi connectivity index (χ2n) is 5.53. The van der Waals surface area contributed by atoms with E-state index in [0.29, 0.717) is 19.8 Å². The molecule has 0 aliphatic carbocycles. The van der Waals surface area contributed by atoms with Crippen LogP contribution in [0.2, 0.25) is 0 Å². The number of sulfonamides is 1. The van der Waals surface area contributed by atoms with Crippen LogP contribution < -0.4 is 4.72 Å². The van der Waals surface area contributed by atoms with Crippen molar-refractivity contribution in [1.29, 1.82) is 0 Å². The molecule has 0 aromatic rings. The lowest BCUT2D eigenvalue weighted by molar-refractivity contribution is -0.219. The molecule has 2 heterocycles. The van der Waals surface area contributed by atoms with Crippen molar-refractivity contribution in [2.45, 2.75) is 18.7 Å². The Kier molecular flexibility index (Phi) is 5.38. The highest BCUT2D eigenvalue weighted by Gasteiger charge is 2.41. The summed E-state index contributed by atoms with van der Waals surface area (Å²) in [7, 11) is -1.53. The molecule has 0 radical (unpaired) electrons. The van der Waals surface area contributed by atoms with E-state index in [-0.39, 0.29) is 6.61 Å². The summed E-state index contributed by atoms with van der Waals surface area (Å²) in [6, 6.07) is 0. The van der Waals surface area contributed by atoms with Crippen LogP contribution in [-0.4, -0.2) is 83.4 Å². The summed E-state index contributed by atoms with van der Waals surface area (Å²) in [4.78, 5) is 4.19. The molecular formula is C12H25N3O4S. The van der Waals surface area contributed by atoms with Crippen LogP contribution in [0.25, 0.3) is 0 Å². The molecule has 0 bridgehead atoms. The fourth-order valence-electron chi connectivity index (χ4n) is 2.63. The largest absolute Gasteiger partial charge is 0.374 e. The number of hydrogen-bond donors (Lipinski definition) is 1. The summed E-state index contributed by atoms with van der Waals surface area (Å²) in [5.41, 5.74) is 0. The van der Waals surface area contributed by atoms with Gasteiger partial charge in [0, 0.05) is 13.1 Å². The van der Waals surface area contributed by atoms with Gasteiger partial charge in [0.1, 0.15) is 6.61 Å². The van der Waals surface area contributed by atoms with E-state index >= 15 is 0 Å². The Balaban J connectivity index is 1.94. The summed E-state index contributed by atoms with van der Waals surface area (Å²) in [6.45, 7) is 4.92. The van der Waals surface area contributed by atoms with Crippen molar-refractivity contribution in [3.8, 4) is 0 Å². The second-order valence-corrected chi connectivity index (χ2v) is 7.28. The first kappa shape index (κ1) is 16.1. The van der Waals surface area contributed by atoms with Gasteiger partial charge >= 0.3 is 0 Å². The first-order valence-electron chi connectivity index (χ1n) is 7.06. The van der Waals surface area contributed by atoms with Crippen LogP contribution in [0.4, 0.5) is 0 Å². The van der Waals surface area contributed by atoms with E-state index < -0.39 is 15.9 Å². The molecule has 118 valence electrons. The number of likely N-dealkylation sites (N-methyl/N-ethyl adjacent to an activating group) is 1. The zero-order valence-electron chi connectivity index (χ0n) is 12.3. The number of rotatable bonds is 6. The molecule has 1 atom stereocenters. The molecule has 0 saturated carbocycles. The Morgan fingerprint density at radius 2 is 2.00 bits per heavy atom. The molecule has 2 fully saturated rings. The molecule has 1 unspecified atom stereocenters. The standard InChI is InChI=1S/C12H25N3O4S/c1-14-7-9-18-11-12(14,13-20(2,16)17)19-10-8-15-5-3-4-6-15/h13H,3-11H2,1-2H3. The van der Waals surface area contributed by atoms with Crippen LogP contribution in [0.5, 0.6) is 0 Å². The maximum atomic E-state index is 11.6. The van der Waals surface area contributed by atoms with Gasteiger partial charge in [0.25, 0.3) is 0 Å². The van der Waals surface area contributed by atoms with Gasteiger partial charge in [-0.3, -0.25) is 4.90 Å². The van der Waals surface area contributed by atoms with E-state index in [1.165, 1.54) is 12.8 Å². The first-order valence-corrected chi connectivity index (χ1v) is 8.95. The molecule has 2 aliphatic heterocycles. The smallest absolute Gasteiger partial charge is 0.214 e. The molecule has 2 rings (SSSR count). The zero-order chi connectivity index (χ0) is 14.6. The van der Waals surface area contributed by atoms with Gasteiger partial charge in [-0.15, -0.1) is 0 Å². The predicted molar refractivity (Wildman–Crippen MR) is 75.8 cm³/mol. The van der Waals surface area contributed by atoms with Gasteiger partial charge in [0.2, 0.25) is 15.9 Å². The third-order valence-corrected chi connectivity index (χ3v) is 4.47. The minimum atomic E-state index is -3.37. The summed E-state index contributed by atoms with van der Waals surface area (Å²) in [5, 5.41) is 0. The Morgan fingerprint density at radius 3 is 2.60 bits per heavy atom. The Bertz CT molecular complexity index is 411. The van der Waals surface area contributed by atoms with Gasteiger partial charge in [0.05, 0.1) is 19.5 Å². The fraction of sp³-hybridized carbons (Fsp3) is 1.00. The molecule has 2 saturated heterocycles. The van der Waals surface area contributed by atoms with Gasteiger partial charge < -0.3 is 14.4 Å². The summed E-state index contributed by atoms with van der Waals surface area (Å²) in [5.74, 6) is -1.08. The van der Waals surface area contributed by atoms with E-state index in [0.717, 1.165) is 25.9 Å². The Morgan fingerprint density at radius 1 is 1.30 bits per heavy atom. The van der Waals surface area contributed by atoms with Crippen molar-refractivity contribution in [3.63, 3.8) is 0 Å². The molecule has 0 amide bonds. The summed E-state index contributed by atoms with van der Waals surface area (Å²) in [6.07, 6.45) is 3.60. The van der Waals surface area contributed by atoms with Crippen LogP contribution in [0.3, 0.4) is 0 Å². The van der Waals surface area contributed by atoms with Crippen LogP contribution in [0.15, 0.2) is 0 Å². The van der Waals surface area contributed by atoms with Gasteiger partial charge in [0.15, 0.2) is 0 Å². The van der Waals surface area contributed by atoms with Gasteiger partial charge in [-0.25, -0.2) is 8.42 Å². The number of ether oxygens (including phenoxy) is 2. The van der Waals surface area contributed by atoms with E-state index in [1.807, 2.05) is 11.9 Å². The minimum absolute atomic E-state index is 0.205. The molecule has 2 aliphatic rings. The minimum Gasteiger partial charge on any atom is -0.374 e. The van der Waals surface area contributed by atoms with Crippen molar-refractivity contribution < 1.29 is 17.9 Å². The Labute approximate surface area is 121 Å². The quantitative estimate of drug-likeness (QED) is 0.652. The summed E-state index contributed by atoms with van der Waals surface area (Å²) >= 11 is 0. The average Bonchev–Trinajstić information content (AvgIpc) is 2.84. The summed E-state index contributed by atoms with van der Waals surface area (Å²) < 4.78 is 37.1.